The van der Waals surface area contributed by atoms with Crippen molar-refractivity contribution in [1.82, 2.24) is 4.98 Å². The summed E-state index contributed by atoms with van der Waals surface area (Å²) in [4.78, 5) is 43.1. The van der Waals surface area contributed by atoms with Crippen LogP contribution in [0.15, 0.2) is 41.1 Å². The van der Waals surface area contributed by atoms with E-state index in [0.717, 1.165) is 21.1 Å². The molecule has 2 aromatic heterocycles. The van der Waals surface area contributed by atoms with Crippen LogP contribution in [-0.2, 0) is 16.0 Å². The summed E-state index contributed by atoms with van der Waals surface area (Å²) in [5, 5.41) is 4.31. The van der Waals surface area contributed by atoms with Gasteiger partial charge < -0.3 is 9.64 Å². The summed E-state index contributed by atoms with van der Waals surface area (Å²) >= 11 is 2.90. The number of Topliss-reactive ketones (excluding diaryl/α,β-unsaturated/α-hetero) is 1. The van der Waals surface area contributed by atoms with Crippen LogP contribution in [0.5, 0.6) is 0 Å². The third-order valence-electron chi connectivity index (χ3n) is 4.26. The van der Waals surface area contributed by atoms with Gasteiger partial charge in [-0.1, -0.05) is 6.07 Å². The monoisotopic (exact) mass is 398 g/mol. The number of thiophene rings is 1. The Morgan fingerprint density at radius 3 is 2.89 bits per heavy atom. The second-order valence-corrected chi connectivity index (χ2v) is 7.79. The second-order valence-electron chi connectivity index (χ2n) is 5.99. The van der Waals surface area contributed by atoms with Gasteiger partial charge in [-0.3, -0.25) is 9.59 Å². The molecule has 0 spiro atoms. The van der Waals surface area contributed by atoms with E-state index in [4.69, 9.17) is 4.74 Å². The average Bonchev–Trinajstić information content (AvgIpc) is 3.40. The lowest BCUT2D eigenvalue weighted by Crippen LogP contribution is -2.20. The Bertz CT molecular complexity index is 1040. The lowest BCUT2D eigenvalue weighted by molar-refractivity contribution is -0.117. The van der Waals surface area contributed by atoms with Crippen molar-refractivity contribution < 1.29 is 19.1 Å². The number of esters is 1. The van der Waals surface area contributed by atoms with E-state index >= 15 is 0 Å². The van der Waals surface area contributed by atoms with E-state index in [9.17, 15) is 14.4 Å². The number of thiazole rings is 1. The Labute approximate surface area is 163 Å². The number of anilines is 1. The normalized spacial score (nSPS) is 12.9. The number of hydrogen-bond donors (Lipinski definition) is 0. The molecule has 0 unspecified atom stereocenters. The molecule has 0 fully saturated rings. The van der Waals surface area contributed by atoms with Gasteiger partial charge >= 0.3 is 5.97 Å². The summed E-state index contributed by atoms with van der Waals surface area (Å²) in [5.74, 6) is -0.952. The van der Waals surface area contributed by atoms with Gasteiger partial charge in [0.2, 0.25) is 5.91 Å². The summed E-state index contributed by atoms with van der Waals surface area (Å²) in [7, 11) is 1.70. The number of ether oxygens (including phenoxy) is 1. The number of amides is 1. The molecule has 3 aromatic rings. The van der Waals surface area contributed by atoms with Gasteiger partial charge in [0.15, 0.2) is 18.1 Å². The van der Waals surface area contributed by atoms with Crippen molar-refractivity contribution in [2.24, 2.45) is 0 Å². The molecule has 27 heavy (non-hydrogen) atoms. The first kappa shape index (κ1) is 17.6. The summed E-state index contributed by atoms with van der Waals surface area (Å²) in [6, 6.07) is 8.91. The number of likely N-dealkylation sites (N-methyl/N-ethyl adjacent to an activating group) is 1. The lowest BCUT2D eigenvalue weighted by atomic mass is 10.1. The van der Waals surface area contributed by atoms with Crippen molar-refractivity contribution in [2.75, 3.05) is 18.6 Å². The van der Waals surface area contributed by atoms with E-state index in [-0.39, 0.29) is 30.4 Å². The highest BCUT2D eigenvalue weighted by Crippen LogP contribution is 2.29. The van der Waals surface area contributed by atoms with E-state index in [1.807, 2.05) is 17.5 Å². The maximum atomic E-state index is 12.3. The molecular formula is C19H14N2O4S2. The van der Waals surface area contributed by atoms with Gasteiger partial charge in [-0.2, -0.15) is 0 Å². The van der Waals surface area contributed by atoms with Gasteiger partial charge in [0.25, 0.3) is 0 Å². The maximum absolute atomic E-state index is 12.3. The minimum atomic E-state index is -0.626. The first-order valence-electron chi connectivity index (χ1n) is 8.12. The van der Waals surface area contributed by atoms with Gasteiger partial charge in [0.1, 0.15) is 5.01 Å². The van der Waals surface area contributed by atoms with Crippen LogP contribution in [-0.4, -0.2) is 36.3 Å². The predicted molar refractivity (Wildman–Crippen MR) is 104 cm³/mol. The lowest BCUT2D eigenvalue weighted by Gasteiger charge is -2.10. The number of benzene rings is 1. The molecule has 0 bridgehead atoms. The zero-order valence-electron chi connectivity index (χ0n) is 14.3. The van der Waals surface area contributed by atoms with E-state index in [1.165, 1.54) is 11.3 Å². The number of carbonyl (C=O) groups is 3. The zero-order valence-corrected chi connectivity index (χ0v) is 15.9. The van der Waals surface area contributed by atoms with Crippen LogP contribution >= 0.6 is 22.7 Å². The number of carbonyl (C=O) groups excluding carboxylic acids is 3. The highest BCUT2D eigenvalue weighted by Gasteiger charge is 2.25. The molecule has 0 aliphatic carbocycles. The highest BCUT2D eigenvalue weighted by atomic mass is 32.1. The van der Waals surface area contributed by atoms with E-state index < -0.39 is 5.97 Å². The minimum absolute atomic E-state index is 0.00824. The SMILES string of the molecule is CN1C(=O)Cc2cc(C(=O)COC(=O)c3csc(-c4cccs4)n3)ccc21. The fraction of sp³-hybridized carbons (Fsp3) is 0.158. The smallest absolute Gasteiger partial charge is 0.358 e. The Morgan fingerprint density at radius 1 is 1.26 bits per heavy atom. The van der Waals surface area contributed by atoms with Crippen LogP contribution in [0.2, 0.25) is 0 Å². The fourth-order valence-corrected chi connectivity index (χ4v) is 4.42. The number of aromatic nitrogens is 1. The van der Waals surface area contributed by atoms with Crippen LogP contribution in [0.3, 0.4) is 0 Å². The predicted octanol–water partition coefficient (Wildman–Crippen LogP) is 3.43. The van der Waals surface area contributed by atoms with Gasteiger partial charge in [0.05, 0.1) is 11.3 Å². The van der Waals surface area contributed by atoms with Crippen LogP contribution in [0.25, 0.3) is 9.88 Å². The second kappa shape index (κ2) is 7.05. The van der Waals surface area contributed by atoms with Gasteiger partial charge in [-0.25, -0.2) is 9.78 Å². The highest BCUT2D eigenvalue weighted by molar-refractivity contribution is 7.20. The molecule has 8 heteroatoms. The molecule has 1 aliphatic rings. The first-order chi connectivity index (χ1) is 13.0. The van der Waals surface area contributed by atoms with Crippen molar-refractivity contribution in [3.05, 3.63) is 57.9 Å². The summed E-state index contributed by atoms with van der Waals surface area (Å²) in [6.45, 7) is -0.368. The fourth-order valence-electron chi connectivity index (χ4n) is 2.81. The third-order valence-corrected chi connectivity index (χ3v) is 6.14. The standard InChI is InChI=1S/C19H14N2O4S2/c1-21-14-5-4-11(7-12(14)8-17(21)23)15(22)9-25-19(24)13-10-27-18(20-13)16-3-2-6-26-16/h2-7,10H,8-9H2,1H3. The molecule has 0 saturated carbocycles. The maximum Gasteiger partial charge on any atom is 0.358 e. The van der Waals surface area contributed by atoms with Crippen molar-refractivity contribution in [3.63, 3.8) is 0 Å². The van der Waals surface area contributed by atoms with Crippen LogP contribution in [0.1, 0.15) is 26.4 Å². The zero-order chi connectivity index (χ0) is 19.0. The molecule has 0 radical (unpaired) electrons. The van der Waals surface area contributed by atoms with E-state index in [2.05, 4.69) is 4.98 Å². The molecule has 3 heterocycles. The Hall–Kier alpha value is -2.84. The van der Waals surface area contributed by atoms with Gasteiger partial charge in [0, 0.05) is 23.7 Å². The number of hydrogen-bond acceptors (Lipinski definition) is 7. The molecule has 136 valence electrons. The van der Waals surface area contributed by atoms with Crippen molar-refractivity contribution in [2.45, 2.75) is 6.42 Å². The minimum Gasteiger partial charge on any atom is -0.453 e. The molecule has 1 amide bonds. The van der Waals surface area contributed by atoms with E-state index in [0.29, 0.717) is 5.56 Å². The van der Waals surface area contributed by atoms with Crippen LogP contribution in [0.4, 0.5) is 5.69 Å². The topological polar surface area (TPSA) is 76.6 Å². The first-order valence-corrected chi connectivity index (χ1v) is 9.88. The van der Waals surface area contributed by atoms with Crippen molar-refractivity contribution >= 4 is 46.0 Å². The summed E-state index contributed by atoms with van der Waals surface area (Å²) < 4.78 is 5.12. The summed E-state index contributed by atoms with van der Waals surface area (Å²) in [5.41, 5.74) is 2.22. The Morgan fingerprint density at radius 2 is 2.11 bits per heavy atom. The number of fused-ring (bicyclic) bond motifs is 1. The molecule has 1 aliphatic heterocycles. The van der Waals surface area contributed by atoms with E-state index in [1.54, 1.807) is 46.9 Å². The number of rotatable bonds is 5. The largest absolute Gasteiger partial charge is 0.453 e. The third kappa shape index (κ3) is 3.41. The van der Waals surface area contributed by atoms with Crippen molar-refractivity contribution in [1.29, 1.82) is 0 Å². The Balaban J connectivity index is 1.40. The molecule has 4 rings (SSSR count). The molecule has 1 aromatic carbocycles. The quantitative estimate of drug-likeness (QED) is 0.486. The van der Waals surface area contributed by atoms with Crippen LogP contribution < -0.4 is 4.90 Å². The number of ketones is 1. The van der Waals surface area contributed by atoms with Crippen LogP contribution in [0, 0.1) is 0 Å². The molecule has 0 saturated heterocycles. The molecule has 6 nitrogen and oxygen atoms in total. The van der Waals surface area contributed by atoms with Crippen molar-refractivity contribution in [3.8, 4) is 9.88 Å². The molecular weight excluding hydrogens is 384 g/mol. The molecule has 0 atom stereocenters. The molecule has 0 N–H and O–H groups in total. The average molecular weight is 398 g/mol. The van der Waals surface area contributed by atoms with Gasteiger partial charge in [-0.15, -0.1) is 22.7 Å². The Kier molecular flexibility index (Phi) is 4.59. The number of nitrogens with zero attached hydrogens (tertiary/aromatic N) is 2. The summed E-state index contributed by atoms with van der Waals surface area (Å²) in [6.07, 6.45) is 0.275. The van der Waals surface area contributed by atoms with Gasteiger partial charge in [-0.05, 0) is 35.2 Å².